The second-order valence-corrected chi connectivity index (χ2v) is 6.06. The quantitative estimate of drug-likeness (QED) is 0.756. The second-order valence-electron chi connectivity index (χ2n) is 6.06. The van der Waals surface area contributed by atoms with Crippen LogP contribution in [0.25, 0.3) is 0 Å². The third-order valence-corrected chi connectivity index (χ3v) is 3.29. The Labute approximate surface area is 107 Å². The average molecular weight is 254 g/mol. The second kappa shape index (κ2) is 4.87. The van der Waals surface area contributed by atoms with Gasteiger partial charge in [-0.3, -0.25) is 0 Å². The summed E-state index contributed by atoms with van der Waals surface area (Å²) in [5.41, 5.74) is 0.972. The standard InChI is InChI=1S/C15H20F2O/c1-15(2,3)11-6-7-12(14(16)17)13(8-11)18-9-10-4-5-10/h6-8,10,14H,4-5,9H2,1-3H3. The summed E-state index contributed by atoms with van der Waals surface area (Å²) in [5.74, 6) is 0.915. The molecule has 0 heterocycles. The minimum absolute atomic E-state index is 0.00338. The Morgan fingerprint density at radius 2 is 1.94 bits per heavy atom. The highest BCUT2D eigenvalue weighted by Gasteiger charge is 2.24. The van der Waals surface area contributed by atoms with Crippen molar-refractivity contribution in [3.63, 3.8) is 0 Å². The highest BCUT2D eigenvalue weighted by atomic mass is 19.3. The molecule has 0 spiro atoms. The van der Waals surface area contributed by atoms with Crippen LogP contribution in [0.5, 0.6) is 5.75 Å². The molecule has 1 saturated carbocycles. The van der Waals surface area contributed by atoms with Gasteiger partial charge in [-0.2, -0.15) is 0 Å². The van der Waals surface area contributed by atoms with Crippen LogP contribution in [0.2, 0.25) is 0 Å². The minimum atomic E-state index is -2.48. The van der Waals surface area contributed by atoms with Crippen LogP contribution >= 0.6 is 0 Å². The molecule has 0 N–H and O–H groups in total. The zero-order chi connectivity index (χ0) is 13.3. The maximum absolute atomic E-state index is 12.9. The Morgan fingerprint density at radius 1 is 1.28 bits per heavy atom. The van der Waals surface area contributed by atoms with Gasteiger partial charge in [0, 0.05) is 0 Å². The molecular formula is C15H20F2O. The molecule has 1 fully saturated rings. The molecule has 1 aromatic rings. The lowest BCUT2D eigenvalue weighted by Crippen LogP contribution is -2.12. The lowest BCUT2D eigenvalue weighted by molar-refractivity contribution is 0.144. The Kier molecular flexibility index (Phi) is 3.60. The number of benzene rings is 1. The van der Waals surface area contributed by atoms with Crippen LogP contribution in [-0.2, 0) is 5.41 Å². The van der Waals surface area contributed by atoms with Gasteiger partial charge in [0.25, 0.3) is 6.43 Å². The summed E-state index contributed by atoms with van der Waals surface area (Å²) in [5, 5.41) is 0. The van der Waals surface area contributed by atoms with Gasteiger partial charge in [-0.25, -0.2) is 8.78 Å². The van der Waals surface area contributed by atoms with Crippen molar-refractivity contribution >= 4 is 0 Å². The van der Waals surface area contributed by atoms with Crippen molar-refractivity contribution in [2.24, 2.45) is 5.92 Å². The monoisotopic (exact) mass is 254 g/mol. The third kappa shape index (κ3) is 3.21. The van der Waals surface area contributed by atoms with Crippen LogP contribution in [0, 0.1) is 5.92 Å². The predicted octanol–water partition coefficient (Wildman–Crippen LogP) is 4.71. The Balaban J connectivity index is 2.24. The van der Waals surface area contributed by atoms with E-state index in [-0.39, 0.29) is 11.0 Å². The average Bonchev–Trinajstić information content (AvgIpc) is 3.08. The van der Waals surface area contributed by atoms with E-state index in [9.17, 15) is 8.78 Å². The van der Waals surface area contributed by atoms with Gasteiger partial charge in [-0.15, -0.1) is 0 Å². The molecular weight excluding hydrogens is 234 g/mol. The van der Waals surface area contributed by atoms with E-state index in [1.54, 1.807) is 12.1 Å². The summed E-state index contributed by atoms with van der Waals surface area (Å²) in [4.78, 5) is 0. The highest BCUT2D eigenvalue weighted by Crippen LogP contribution is 2.36. The largest absolute Gasteiger partial charge is 0.493 e. The smallest absolute Gasteiger partial charge is 0.267 e. The number of hydrogen-bond donors (Lipinski definition) is 0. The maximum Gasteiger partial charge on any atom is 0.267 e. The van der Waals surface area contributed by atoms with E-state index in [1.165, 1.54) is 6.07 Å². The molecule has 0 aliphatic heterocycles. The van der Waals surface area contributed by atoms with Gasteiger partial charge in [0.05, 0.1) is 12.2 Å². The fourth-order valence-corrected chi connectivity index (χ4v) is 1.80. The molecule has 1 aliphatic rings. The lowest BCUT2D eigenvalue weighted by atomic mass is 9.86. The number of hydrogen-bond acceptors (Lipinski definition) is 1. The van der Waals surface area contributed by atoms with E-state index >= 15 is 0 Å². The first-order valence-corrected chi connectivity index (χ1v) is 6.43. The molecule has 100 valence electrons. The SMILES string of the molecule is CC(C)(C)c1ccc(C(F)F)c(OCC2CC2)c1. The van der Waals surface area contributed by atoms with E-state index in [2.05, 4.69) is 20.8 Å². The van der Waals surface area contributed by atoms with Crippen molar-refractivity contribution < 1.29 is 13.5 Å². The molecule has 18 heavy (non-hydrogen) atoms. The zero-order valence-corrected chi connectivity index (χ0v) is 11.2. The van der Waals surface area contributed by atoms with Crippen LogP contribution in [0.15, 0.2) is 18.2 Å². The van der Waals surface area contributed by atoms with Gasteiger partial charge >= 0.3 is 0 Å². The van der Waals surface area contributed by atoms with Crippen LogP contribution in [0.1, 0.15) is 51.2 Å². The normalized spacial score (nSPS) is 16.1. The van der Waals surface area contributed by atoms with Crippen molar-refractivity contribution in [2.45, 2.75) is 45.5 Å². The van der Waals surface area contributed by atoms with E-state index in [1.807, 2.05) is 0 Å². The molecule has 1 nitrogen and oxygen atoms in total. The molecule has 2 rings (SSSR count). The minimum Gasteiger partial charge on any atom is -0.493 e. The molecule has 3 heteroatoms. The van der Waals surface area contributed by atoms with Gasteiger partial charge in [0.15, 0.2) is 0 Å². The van der Waals surface area contributed by atoms with E-state index in [0.29, 0.717) is 18.3 Å². The number of rotatable bonds is 4. The van der Waals surface area contributed by atoms with Crippen molar-refractivity contribution in [2.75, 3.05) is 6.61 Å². The molecule has 1 aliphatic carbocycles. The fraction of sp³-hybridized carbons (Fsp3) is 0.600. The summed E-state index contributed by atoms with van der Waals surface area (Å²) in [7, 11) is 0. The van der Waals surface area contributed by atoms with E-state index in [4.69, 9.17) is 4.74 Å². The summed E-state index contributed by atoms with van der Waals surface area (Å²) >= 11 is 0. The first-order valence-electron chi connectivity index (χ1n) is 6.43. The van der Waals surface area contributed by atoms with Crippen LogP contribution < -0.4 is 4.74 Å². The maximum atomic E-state index is 12.9. The van der Waals surface area contributed by atoms with Gasteiger partial charge in [-0.05, 0) is 41.9 Å². The zero-order valence-electron chi connectivity index (χ0n) is 11.2. The summed E-state index contributed by atoms with van der Waals surface area (Å²) < 4.78 is 31.4. The van der Waals surface area contributed by atoms with E-state index in [0.717, 1.165) is 18.4 Å². The Morgan fingerprint density at radius 3 is 2.44 bits per heavy atom. The lowest BCUT2D eigenvalue weighted by Gasteiger charge is -2.21. The summed E-state index contributed by atoms with van der Waals surface area (Å²) in [6.07, 6.45) is -0.167. The third-order valence-electron chi connectivity index (χ3n) is 3.29. The molecule has 0 atom stereocenters. The topological polar surface area (TPSA) is 9.23 Å². The number of halogens is 2. The molecule has 1 aromatic carbocycles. The molecule has 0 aromatic heterocycles. The van der Waals surface area contributed by atoms with E-state index < -0.39 is 6.43 Å². The number of ether oxygens (including phenoxy) is 1. The molecule has 0 radical (unpaired) electrons. The van der Waals surface area contributed by atoms with Gasteiger partial charge in [0.1, 0.15) is 5.75 Å². The van der Waals surface area contributed by atoms with Crippen molar-refractivity contribution in [1.82, 2.24) is 0 Å². The number of alkyl halides is 2. The molecule has 0 amide bonds. The molecule has 0 saturated heterocycles. The Bertz CT molecular complexity index is 417. The van der Waals surface area contributed by atoms with Gasteiger partial charge in [-0.1, -0.05) is 26.8 Å². The molecule has 0 unspecified atom stereocenters. The van der Waals surface area contributed by atoms with Gasteiger partial charge in [0.2, 0.25) is 0 Å². The van der Waals surface area contributed by atoms with Crippen LogP contribution in [-0.4, -0.2) is 6.61 Å². The van der Waals surface area contributed by atoms with Crippen molar-refractivity contribution in [1.29, 1.82) is 0 Å². The fourth-order valence-electron chi connectivity index (χ4n) is 1.80. The summed E-state index contributed by atoms with van der Waals surface area (Å²) in [6.45, 7) is 6.76. The van der Waals surface area contributed by atoms with Crippen molar-refractivity contribution in [3.8, 4) is 5.75 Å². The molecule has 0 bridgehead atoms. The van der Waals surface area contributed by atoms with Crippen LogP contribution in [0.4, 0.5) is 8.78 Å². The Hall–Kier alpha value is -1.12. The van der Waals surface area contributed by atoms with Crippen LogP contribution in [0.3, 0.4) is 0 Å². The first-order chi connectivity index (χ1) is 8.38. The predicted molar refractivity (Wildman–Crippen MR) is 68.3 cm³/mol. The van der Waals surface area contributed by atoms with Crippen molar-refractivity contribution in [3.05, 3.63) is 29.3 Å². The highest BCUT2D eigenvalue weighted by molar-refractivity contribution is 5.40. The van der Waals surface area contributed by atoms with Gasteiger partial charge < -0.3 is 4.74 Å². The summed E-state index contributed by atoms with van der Waals surface area (Å²) in [6, 6.07) is 5.03. The first kappa shape index (κ1) is 13.3.